The molecule has 170 valence electrons. The number of rotatable bonds is 6. The van der Waals surface area contributed by atoms with E-state index in [9.17, 15) is 9.59 Å². The minimum atomic E-state index is -1.01. The summed E-state index contributed by atoms with van der Waals surface area (Å²) >= 11 is 1.32. The van der Waals surface area contributed by atoms with Crippen LogP contribution in [0.1, 0.15) is 17.3 Å². The molecule has 0 radical (unpaired) electrons. The van der Waals surface area contributed by atoms with Gasteiger partial charge in [-0.05, 0) is 43.3 Å². The first-order valence-electron chi connectivity index (χ1n) is 10.5. The van der Waals surface area contributed by atoms with Crippen molar-refractivity contribution in [2.24, 2.45) is 0 Å². The van der Waals surface area contributed by atoms with Gasteiger partial charge in [0.05, 0.1) is 33.9 Å². The molecule has 2 heterocycles. The predicted octanol–water partition coefficient (Wildman–Crippen LogP) is 5.03. The first-order valence-corrected chi connectivity index (χ1v) is 11.3. The number of esters is 1. The van der Waals surface area contributed by atoms with Gasteiger partial charge in [-0.3, -0.25) is 10.1 Å². The first kappa shape index (κ1) is 21.6. The number of benzene rings is 3. The second kappa shape index (κ2) is 8.95. The topological polar surface area (TPSA) is 106 Å². The molecule has 0 bridgehead atoms. The van der Waals surface area contributed by atoms with Crippen molar-refractivity contribution in [3.8, 4) is 17.1 Å². The van der Waals surface area contributed by atoms with Gasteiger partial charge >= 0.3 is 5.97 Å². The van der Waals surface area contributed by atoms with Gasteiger partial charge < -0.3 is 14.5 Å². The first-order chi connectivity index (χ1) is 16.5. The van der Waals surface area contributed by atoms with E-state index in [2.05, 4.69) is 20.3 Å². The number of H-pyrrole nitrogens is 1. The Morgan fingerprint density at radius 1 is 1.00 bits per heavy atom. The van der Waals surface area contributed by atoms with Crippen LogP contribution in [0.5, 0.6) is 5.75 Å². The Bertz CT molecular complexity index is 1510. The Hall–Kier alpha value is -4.24. The van der Waals surface area contributed by atoms with E-state index in [-0.39, 0.29) is 0 Å². The van der Waals surface area contributed by atoms with Gasteiger partial charge in [-0.25, -0.2) is 14.8 Å². The van der Waals surface area contributed by atoms with Crippen molar-refractivity contribution >= 4 is 49.6 Å². The van der Waals surface area contributed by atoms with Gasteiger partial charge in [0.2, 0.25) is 0 Å². The van der Waals surface area contributed by atoms with Crippen molar-refractivity contribution in [3.05, 3.63) is 72.3 Å². The number of fused-ring (bicyclic) bond motifs is 2. The largest absolute Gasteiger partial charge is 0.497 e. The summed E-state index contributed by atoms with van der Waals surface area (Å²) < 4.78 is 11.5. The summed E-state index contributed by atoms with van der Waals surface area (Å²) in [4.78, 5) is 37.4. The zero-order valence-electron chi connectivity index (χ0n) is 18.4. The van der Waals surface area contributed by atoms with Gasteiger partial charge in [0.25, 0.3) is 5.91 Å². The summed E-state index contributed by atoms with van der Waals surface area (Å²) in [6, 6.07) is 20.2. The number of anilines is 1. The number of imidazole rings is 1. The molecule has 0 aliphatic heterocycles. The van der Waals surface area contributed by atoms with E-state index < -0.39 is 18.0 Å². The minimum absolute atomic E-state index is 0.322. The molecular weight excluding hydrogens is 452 g/mol. The van der Waals surface area contributed by atoms with Crippen LogP contribution in [0.2, 0.25) is 0 Å². The third-order valence-electron chi connectivity index (χ3n) is 5.24. The van der Waals surface area contributed by atoms with Crippen LogP contribution in [0.3, 0.4) is 0 Å². The number of aromatic nitrogens is 3. The van der Waals surface area contributed by atoms with E-state index in [1.165, 1.54) is 18.3 Å². The maximum absolute atomic E-state index is 12.7. The molecule has 1 atom stereocenters. The molecule has 0 spiro atoms. The van der Waals surface area contributed by atoms with E-state index in [1.54, 1.807) is 31.4 Å². The van der Waals surface area contributed by atoms with Crippen molar-refractivity contribution in [2.45, 2.75) is 13.0 Å². The van der Waals surface area contributed by atoms with Gasteiger partial charge in [0.1, 0.15) is 11.6 Å². The smallest absolute Gasteiger partial charge is 0.338 e. The summed E-state index contributed by atoms with van der Waals surface area (Å²) in [6.45, 7) is 1.52. The van der Waals surface area contributed by atoms with Gasteiger partial charge in [0.15, 0.2) is 11.2 Å². The third kappa shape index (κ3) is 4.33. The Morgan fingerprint density at radius 3 is 2.59 bits per heavy atom. The summed E-state index contributed by atoms with van der Waals surface area (Å²) in [7, 11) is 1.59. The van der Waals surface area contributed by atoms with Crippen LogP contribution in [-0.4, -0.2) is 40.0 Å². The molecule has 0 aliphatic rings. The van der Waals surface area contributed by atoms with E-state index in [0.717, 1.165) is 21.3 Å². The van der Waals surface area contributed by atoms with Gasteiger partial charge in [-0.1, -0.05) is 41.7 Å². The Morgan fingerprint density at radius 2 is 1.79 bits per heavy atom. The number of aromatic amines is 1. The molecule has 0 aliphatic carbocycles. The molecule has 5 rings (SSSR count). The Kier molecular flexibility index (Phi) is 5.69. The Labute approximate surface area is 198 Å². The standard InChI is InChI=1S/C25H20N4O4S/c1-14(23(30)29-25-28-19-11-9-17(32-2)13-21(19)34-25)33-24(31)16-8-10-18-20(12-16)27-22(26-18)15-6-4-3-5-7-15/h3-14H,1-2H3,(H,26,27)(H,28,29,30). The van der Waals surface area contributed by atoms with E-state index in [1.807, 2.05) is 42.5 Å². The molecule has 8 nitrogen and oxygen atoms in total. The fourth-order valence-corrected chi connectivity index (χ4v) is 4.34. The molecule has 9 heteroatoms. The van der Waals surface area contributed by atoms with Crippen LogP contribution in [0.25, 0.3) is 32.6 Å². The fraction of sp³-hybridized carbons (Fsp3) is 0.120. The summed E-state index contributed by atoms with van der Waals surface area (Å²) in [5, 5.41) is 3.13. The van der Waals surface area contributed by atoms with E-state index in [4.69, 9.17) is 9.47 Å². The van der Waals surface area contributed by atoms with Crippen molar-refractivity contribution in [1.82, 2.24) is 15.0 Å². The summed E-state index contributed by atoms with van der Waals surface area (Å²) in [6.07, 6.45) is -1.01. The molecule has 0 fully saturated rings. The molecule has 34 heavy (non-hydrogen) atoms. The van der Waals surface area contributed by atoms with E-state index in [0.29, 0.717) is 27.8 Å². The van der Waals surface area contributed by atoms with Crippen LogP contribution in [-0.2, 0) is 9.53 Å². The molecule has 5 aromatic rings. The lowest BCUT2D eigenvalue weighted by molar-refractivity contribution is -0.123. The number of hydrogen-bond donors (Lipinski definition) is 2. The van der Waals surface area contributed by atoms with Crippen LogP contribution in [0, 0.1) is 0 Å². The van der Waals surface area contributed by atoms with Crippen LogP contribution in [0.15, 0.2) is 66.7 Å². The Balaban J connectivity index is 1.27. The number of methoxy groups -OCH3 is 1. The number of carbonyl (C=O) groups is 2. The van der Waals surface area contributed by atoms with Crippen LogP contribution in [0.4, 0.5) is 5.13 Å². The highest BCUT2D eigenvalue weighted by Gasteiger charge is 2.21. The van der Waals surface area contributed by atoms with Gasteiger partial charge in [-0.15, -0.1) is 0 Å². The number of ether oxygens (including phenoxy) is 2. The van der Waals surface area contributed by atoms with Gasteiger partial charge in [-0.2, -0.15) is 0 Å². The zero-order chi connectivity index (χ0) is 23.7. The van der Waals surface area contributed by atoms with Crippen molar-refractivity contribution < 1.29 is 19.1 Å². The third-order valence-corrected chi connectivity index (χ3v) is 6.18. The van der Waals surface area contributed by atoms with E-state index >= 15 is 0 Å². The number of hydrogen-bond acceptors (Lipinski definition) is 7. The van der Waals surface area contributed by atoms with Crippen molar-refractivity contribution in [1.29, 1.82) is 0 Å². The van der Waals surface area contributed by atoms with Crippen molar-refractivity contribution in [3.63, 3.8) is 0 Å². The molecular formula is C25H20N4O4S. The number of thiazole rings is 1. The van der Waals surface area contributed by atoms with Crippen LogP contribution >= 0.6 is 11.3 Å². The average molecular weight is 473 g/mol. The summed E-state index contributed by atoms with van der Waals surface area (Å²) in [5.41, 5.74) is 3.45. The maximum Gasteiger partial charge on any atom is 0.338 e. The number of nitrogens with zero attached hydrogens (tertiary/aromatic N) is 2. The molecule has 2 aromatic heterocycles. The lowest BCUT2D eigenvalue weighted by Crippen LogP contribution is -2.29. The SMILES string of the molecule is COc1ccc2nc(NC(=O)C(C)OC(=O)c3ccc4nc(-c5ccccc5)[nH]c4c3)sc2c1. The minimum Gasteiger partial charge on any atom is -0.497 e. The second-order valence-electron chi connectivity index (χ2n) is 7.57. The molecule has 0 saturated heterocycles. The zero-order valence-corrected chi connectivity index (χ0v) is 19.2. The number of carbonyl (C=O) groups excluding carboxylic acids is 2. The predicted molar refractivity (Wildman–Crippen MR) is 131 cm³/mol. The highest BCUT2D eigenvalue weighted by molar-refractivity contribution is 7.22. The molecule has 2 N–H and O–H groups in total. The monoisotopic (exact) mass is 472 g/mol. The highest BCUT2D eigenvalue weighted by atomic mass is 32.1. The lowest BCUT2D eigenvalue weighted by atomic mass is 10.2. The molecule has 0 saturated carbocycles. The van der Waals surface area contributed by atoms with Crippen molar-refractivity contribution in [2.75, 3.05) is 12.4 Å². The second-order valence-corrected chi connectivity index (χ2v) is 8.60. The lowest BCUT2D eigenvalue weighted by Gasteiger charge is -2.12. The molecule has 1 amide bonds. The normalized spacial score (nSPS) is 11.9. The average Bonchev–Trinajstić information content (AvgIpc) is 3.46. The maximum atomic E-state index is 12.7. The van der Waals surface area contributed by atoms with Crippen LogP contribution < -0.4 is 10.1 Å². The van der Waals surface area contributed by atoms with Gasteiger partial charge in [0, 0.05) is 5.56 Å². The number of nitrogens with one attached hydrogen (secondary N) is 2. The quantitative estimate of drug-likeness (QED) is 0.336. The number of amides is 1. The molecule has 3 aromatic carbocycles. The summed E-state index contributed by atoms with van der Waals surface area (Å²) in [5.74, 6) is 0.353. The fourth-order valence-electron chi connectivity index (χ4n) is 3.44. The highest BCUT2D eigenvalue weighted by Crippen LogP contribution is 2.29. The molecule has 1 unspecified atom stereocenters.